The molecule has 1 saturated heterocycles. The van der Waals surface area contributed by atoms with Crippen molar-refractivity contribution in [3.05, 3.63) is 70.8 Å². The van der Waals surface area contributed by atoms with Gasteiger partial charge in [-0.25, -0.2) is 4.79 Å². The molecular weight excluding hydrogens is 382 g/mol. The van der Waals surface area contributed by atoms with Gasteiger partial charge in [-0.3, -0.25) is 9.59 Å². The normalized spacial score (nSPS) is 20.8. The van der Waals surface area contributed by atoms with Crippen molar-refractivity contribution in [1.82, 2.24) is 4.90 Å². The van der Waals surface area contributed by atoms with Crippen LogP contribution in [0, 0.1) is 5.92 Å². The second-order valence-electron chi connectivity index (χ2n) is 7.72. The van der Waals surface area contributed by atoms with Gasteiger partial charge in [-0.1, -0.05) is 30.3 Å². The van der Waals surface area contributed by atoms with Gasteiger partial charge in [-0.15, -0.1) is 0 Å². The van der Waals surface area contributed by atoms with E-state index in [1.807, 2.05) is 30.3 Å². The van der Waals surface area contributed by atoms with Crippen LogP contribution >= 0.6 is 0 Å². The molecule has 1 amide bonds. The number of rotatable bonds is 4. The SMILES string of the molecule is CCOC(=O)[C@H]1CCCN(C(=O)c2ccc3c(c2)C[C@H](c2ccccc2)OC3=O)C1. The minimum absolute atomic E-state index is 0.123. The molecule has 0 unspecified atom stereocenters. The maximum absolute atomic E-state index is 13.1. The topological polar surface area (TPSA) is 72.9 Å². The smallest absolute Gasteiger partial charge is 0.339 e. The minimum Gasteiger partial charge on any atom is -0.466 e. The van der Waals surface area contributed by atoms with Crippen LogP contribution in [0.1, 0.15) is 57.7 Å². The molecule has 6 heteroatoms. The van der Waals surface area contributed by atoms with Gasteiger partial charge in [0.1, 0.15) is 6.10 Å². The highest BCUT2D eigenvalue weighted by Crippen LogP contribution is 2.31. The van der Waals surface area contributed by atoms with E-state index in [1.165, 1.54) is 0 Å². The number of ether oxygens (including phenoxy) is 2. The predicted octanol–water partition coefficient (Wildman–Crippen LogP) is 3.56. The Kier molecular flexibility index (Phi) is 5.84. The molecular formula is C24H25NO5. The molecule has 0 aromatic heterocycles. The number of fused-ring (bicyclic) bond motifs is 1. The largest absolute Gasteiger partial charge is 0.466 e. The van der Waals surface area contributed by atoms with Crippen LogP contribution in [0.2, 0.25) is 0 Å². The van der Waals surface area contributed by atoms with Crippen molar-refractivity contribution in [3.63, 3.8) is 0 Å². The molecule has 2 aliphatic heterocycles. The van der Waals surface area contributed by atoms with Crippen molar-refractivity contribution in [1.29, 1.82) is 0 Å². The first-order valence-electron chi connectivity index (χ1n) is 10.4. The first kappa shape index (κ1) is 20.1. The van der Waals surface area contributed by atoms with Gasteiger partial charge in [-0.05, 0) is 49.1 Å². The zero-order valence-electron chi connectivity index (χ0n) is 17.0. The number of hydrogen-bond acceptors (Lipinski definition) is 5. The van der Waals surface area contributed by atoms with E-state index < -0.39 is 0 Å². The summed E-state index contributed by atoms with van der Waals surface area (Å²) >= 11 is 0. The number of nitrogens with zero attached hydrogens (tertiary/aromatic N) is 1. The molecule has 2 aromatic carbocycles. The van der Waals surface area contributed by atoms with Crippen LogP contribution in [-0.2, 0) is 20.7 Å². The van der Waals surface area contributed by atoms with Crippen molar-refractivity contribution in [3.8, 4) is 0 Å². The summed E-state index contributed by atoms with van der Waals surface area (Å²) < 4.78 is 10.7. The summed E-state index contributed by atoms with van der Waals surface area (Å²) in [5, 5.41) is 0. The van der Waals surface area contributed by atoms with E-state index >= 15 is 0 Å². The van der Waals surface area contributed by atoms with Crippen molar-refractivity contribution >= 4 is 17.8 Å². The number of piperidine rings is 1. The lowest BCUT2D eigenvalue weighted by molar-refractivity contribution is -0.149. The lowest BCUT2D eigenvalue weighted by Crippen LogP contribution is -2.42. The van der Waals surface area contributed by atoms with E-state index in [0.29, 0.717) is 37.2 Å². The van der Waals surface area contributed by atoms with Crippen molar-refractivity contribution in [2.24, 2.45) is 5.92 Å². The monoisotopic (exact) mass is 407 g/mol. The molecule has 0 radical (unpaired) electrons. The molecule has 156 valence electrons. The van der Waals surface area contributed by atoms with E-state index in [0.717, 1.165) is 24.0 Å². The standard InChI is InChI=1S/C24H25NO5/c1-2-29-23(27)18-9-6-12-25(15-18)22(26)17-10-11-20-19(13-17)14-21(30-24(20)28)16-7-4-3-5-8-16/h3-5,7-8,10-11,13,18,21H,2,6,9,12,14-15H2,1H3/t18-,21+/m0/s1. The van der Waals surface area contributed by atoms with Crippen LogP contribution in [0.5, 0.6) is 0 Å². The lowest BCUT2D eigenvalue weighted by Gasteiger charge is -2.32. The zero-order valence-corrected chi connectivity index (χ0v) is 17.0. The van der Waals surface area contributed by atoms with Gasteiger partial charge in [0, 0.05) is 25.1 Å². The Morgan fingerprint density at radius 3 is 2.73 bits per heavy atom. The molecule has 6 nitrogen and oxygen atoms in total. The summed E-state index contributed by atoms with van der Waals surface area (Å²) in [4.78, 5) is 39.4. The summed E-state index contributed by atoms with van der Waals surface area (Å²) in [6.45, 7) is 3.10. The van der Waals surface area contributed by atoms with Gasteiger partial charge in [-0.2, -0.15) is 0 Å². The Morgan fingerprint density at radius 1 is 1.17 bits per heavy atom. The molecule has 0 bridgehead atoms. The number of cyclic esters (lactones) is 1. The Morgan fingerprint density at radius 2 is 1.97 bits per heavy atom. The van der Waals surface area contributed by atoms with E-state index in [9.17, 15) is 14.4 Å². The minimum atomic E-state index is -0.371. The van der Waals surface area contributed by atoms with Crippen LogP contribution in [0.4, 0.5) is 0 Å². The summed E-state index contributed by atoms with van der Waals surface area (Å²) in [6.07, 6.45) is 1.66. The third-order valence-corrected chi connectivity index (χ3v) is 5.73. The first-order chi connectivity index (χ1) is 14.6. The van der Waals surface area contributed by atoms with Crippen LogP contribution in [0.3, 0.4) is 0 Å². The van der Waals surface area contributed by atoms with E-state index in [1.54, 1.807) is 30.0 Å². The van der Waals surface area contributed by atoms with Crippen LogP contribution in [-0.4, -0.2) is 42.4 Å². The number of carbonyl (C=O) groups excluding carboxylic acids is 3. The second kappa shape index (κ2) is 8.69. The van der Waals surface area contributed by atoms with Crippen molar-refractivity contribution < 1.29 is 23.9 Å². The number of hydrogen-bond donors (Lipinski definition) is 0. The molecule has 2 aliphatic rings. The quantitative estimate of drug-likeness (QED) is 0.725. The molecule has 0 N–H and O–H groups in total. The average Bonchev–Trinajstić information content (AvgIpc) is 2.79. The van der Waals surface area contributed by atoms with E-state index in [4.69, 9.17) is 9.47 Å². The third-order valence-electron chi connectivity index (χ3n) is 5.73. The molecule has 0 aliphatic carbocycles. The molecule has 30 heavy (non-hydrogen) atoms. The number of benzene rings is 2. The molecule has 4 rings (SSSR count). The molecule has 2 atom stereocenters. The molecule has 2 aromatic rings. The fourth-order valence-electron chi connectivity index (χ4n) is 4.18. The summed E-state index contributed by atoms with van der Waals surface area (Å²) in [7, 11) is 0. The summed E-state index contributed by atoms with van der Waals surface area (Å²) in [5.74, 6) is -1.02. The zero-order chi connectivity index (χ0) is 21.1. The number of esters is 2. The van der Waals surface area contributed by atoms with Gasteiger partial charge in [0.25, 0.3) is 5.91 Å². The highest BCUT2D eigenvalue weighted by molar-refractivity contribution is 5.98. The van der Waals surface area contributed by atoms with Gasteiger partial charge >= 0.3 is 11.9 Å². The Labute approximate surface area is 175 Å². The Bertz CT molecular complexity index is 955. The van der Waals surface area contributed by atoms with Gasteiger partial charge in [0.2, 0.25) is 0 Å². The number of likely N-dealkylation sites (tertiary alicyclic amines) is 1. The molecule has 0 saturated carbocycles. The van der Waals surface area contributed by atoms with Crippen LogP contribution in [0.15, 0.2) is 48.5 Å². The first-order valence-corrected chi connectivity index (χ1v) is 10.4. The molecule has 1 fully saturated rings. The Hall–Kier alpha value is -3.15. The summed E-state index contributed by atoms with van der Waals surface area (Å²) in [5.41, 5.74) is 2.77. The summed E-state index contributed by atoms with van der Waals surface area (Å²) in [6, 6.07) is 14.7. The fraction of sp³-hybridized carbons (Fsp3) is 0.375. The van der Waals surface area contributed by atoms with Crippen molar-refractivity contribution in [2.75, 3.05) is 19.7 Å². The number of carbonyl (C=O) groups is 3. The maximum atomic E-state index is 13.1. The lowest BCUT2D eigenvalue weighted by atomic mass is 9.92. The van der Waals surface area contributed by atoms with E-state index in [-0.39, 0.29) is 29.9 Å². The van der Waals surface area contributed by atoms with Gasteiger partial charge < -0.3 is 14.4 Å². The predicted molar refractivity (Wildman–Crippen MR) is 110 cm³/mol. The van der Waals surface area contributed by atoms with Gasteiger partial charge in [0.05, 0.1) is 18.1 Å². The third kappa shape index (κ3) is 4.08. The van der Waals surface area contributed by atoms with E-state index in [2.05, 4.69) is 0 Å². The van der Waals surface area contributed by atoms with Gasteiger partial charge in [0.15, 0.2) is 0 Å². The van der Waals surface area contributed by atoms with Crippen LogP contribution in [0.25, 0.3) is 0 Å². The van der Waals surface area contributed by atoms with Crippen LogP contribution < -0.4 is 0 Å². The maximum Gasteiger partial charge on any atom is 0.339 e. The van der Waals surface area contributed by atoms with Crippen molar-refractivity contribution in [2.45, 2.75) is 32.3 Å². The Balaban J connectivity index is 1.53. The number of amides is 1. The highest BCUT2D eigenvalue weighted by atomic mass is 16.5. The highest BCUT2D eigenvalue weighted by Gasteiger charge is 2.32. The average molecular weight is 407 g/mol. The fourth-order valence-corrected chi connectivity index (χ4v) is 4.18. The molecule has 2 heterocycles. The molecule has 0 spiro atoms. The second-order valence-corrected chi connectivity index (χ2v) is 7.72.